The van der Waals surface area contributed by atoms with Crippen molar-refractivity contribution in [2.24, 2.45) is 5.92 Å². The highest BCUT2D eigenvalue weighted by Crippen LogP contribution is 2.30. The van der Waals surface area contributed by atoms with Gasteiger partial charge in [0.05, 0.1) is 29.2 Å². The number of piperidine rings is 1. The van der Waals surface area contributed by atoms with Crippen LogP contribution in [0.25, 0.3) is 16.6 Å². The summed E-state index contributed by atoms with van der Waals surface area (Å²) in [5, 5.41) is 15.1. The van der Waals surface area contributed by atoms with Crippen LogP contribution >= 0.6 is 0 Å². The number of carbonyl (C=O) groups excluding carboxylic acids is 1. The third-order valence-electron chi connectivity index (χ3n) is 6.31. The molecule has 0 bridgehead atoms. The van der Waals surface area contributed by atoms with Gasteiger partial charge < -0.3 is 9.80 Å². The maximum atomic E-state index is 12.9. The first kappa shape index (κ1) is 18.6. The predicted molar refractivity (Wildman–Crippen MR) is 114 cm³/mol. The molecule has 2 aliphatic heterocycles. The Kier molecular flexibility index (Phi) is 4.83. The Balaban J connectivity index is 1.33. The molecule has 30 heavy (non-hydrogen) atoms. The first-order valence-electron chi connectivity index (χ1n) is 10.6. The quantitative estimate of drug-likeness (QED) is 0.675. The standard InChI is InChI=1S/C23H24N6O/c24-14-19-5-3-11-28(19)23(30)17-8-12-27(13-9-17)22-15-25-10-7-21(22)29-16-18-4-1-2-6-20(18)26-29/h1-2,4,6-7,10,15-17,19H,3,5,8-9,11-13H2. The number of nitrogens with zero attached hydrogens (tertiary/aromatic N) is 6. The molecule has 2 aromatic heterocycles. The van der Waals surface area contributed by atoms with E-state index in [0.717, 1.165) is 67.6 Å². The maximum absolute atomic E-state index is 12.9. The molecule has 7 nitrogen and oxygen atoms in total. The minimum Gasteiger partial charge on any atom is -0.368 e. The Morgan fingerprint density at radius 1 is 1.07 bits per heavy atom. The minimum absolute atomic E-state index is 0.00242. The summed E-state index contributed by atoms with van der Waals surface area (Å²) in [6.45, 7) is 2.30. The fraction of sp³-hybridized carbons (Fsp3) is 0.391. The van der Waals surface area contributed by atoms with Gasteiger partial charge in [0.25, 0.3) is 0 Å². The zero-order valence-corrected chi connectivity index (χ0v) is 16.8. The largest absolute Gasteiger partial charge is 0.368 e. The van der Waals surface area contributed by atoms with Gasteiger partial charge in [-0.05, 0) is 37.8 Å². The van der Waals surface area contributed by atoms with Gasteiger partial charge in [-0.3, -0.25) is 9.78 Å². The Bertz CT molecular complexity index is 1080. The molecule has 0 radical (unpaired) electrons. The second kappa shape index (κ2) is 7.79. The summed E-state index contributed by atoms with van der Waals surface area (Å²) in [5.41, 5.74) is 2.99. The molecule has 1 atom stereocenters. The maximum Gasteiger partial charge on any atom is 0.226 e. The van der Waals surface area contributed by atoms with Crippen molar-refractivity contribution in [3.63, 3.8) is 0 Å². The minimum atomic E-state index is -0.241. The van der Waals surface area contributed by atoms with Gasteiger partial charge in [0.1, 0.15) is 6.04 Å². The van der Waals surface area contributed by atoms with Crippen LogP contribution in [0.3, 0.4) is 0 Å². The summed E-state index contributed by atoms with van der Waals surface area (Å²) in [4.78, 5) is 21.4. The van der Waals surface area contributed by atoms with E-state index in [2.05, 4.69) is 22.0 Å². The van der Waals surface area contributed by atoms with E-state index in [0.29, 0.717) is 0 Å². The van der Waals surface area contributed by atoms with Crippen LogP contribution < -0.4 is 4.90 Å². The molecule has 5 rings (SSSR count). The third kappa shape index (κ3) is 3.28. The van der Waals surface area contributed by atoms with Crippen molar-refractivity contribution in [2.75, 3.05) is 24.5 Å². The van der Waals surface area contributed by atoms with Gasteiger partial charge in [-0.1, -0.05) is 18.2 Å². The fourth-order valence-electron chi connectivity index (χ4n) is 4.67. The molecule has 1 unspecified atom stereocenters. The van der Waals surface area contributed by atoms with E-state index >= 15 is 0 Å². The van der Waals surface area contributed by atoms with Gasteiger partial charge in [-0.15, -0.1) is 0 Å². The number of rotatable bonds is 3. The third-order valence-corrected chi connectivity index (χ3v) is 6.31. The van der Waals surface area contributed by atoms with Crippen molar-refractivity contribution in [3.8, 4) is 11.8 Å². The van der Waals surface area contributed by atoms with Crippen molar-refractivity contribution in [3.05, 3.63) is 48.9 Å². The van der Waals surface area contributed by atoms with E-state index in [9.17, 15) is 10.1 Å². The van der Waals surface area contributed by atoms with E-state index in [1.54, 1.807) is 11.1 Å². The van der Waals surface area contributed by atoms with Gasteiger partial charge in [-0.2, -0.15) is 10.4 Å². The average molecular weight is 400 g/mol. The lowest BCUT2D eigenvalue weighted by atomic mass is 9.94. The van der Waals surface area contributed by atoms with Gasteiger partial charge in [-0.25, -0.2) is 4.68 Å². The highest BCUT2D eigenvalue weighted by molar-refractivity contribution is 5.81. The van der Waals surface area contributed by atoms with E-state index in [1.165, 1.54) is 0 Å². The molecule has 152 valence electrons. The first-order valence-corrected chi connectivity index (χ1v) is 10.6. The summed E-state index contributed by atoms with van der Waals surface area (Å²) in [6, 6.07) is 12.1. The number of hydrogen-bond donors (Lipinski definition) is 0. The average Bonchev–Trinajstić information content (AvgIpc) is 3.45. The van der Waals surface area contributed by atoms with Crippen molar-refractivity contribution in [1.29, 1.82) is 5.26 Å². The van der Waals surface area contributed by atoms with Crippen LogP contribution in [0.1, 0.15) is 25.7 Å². The summed E-state index contributed by atoms with van der Waals surface area (Å²) < 4.78 is 1.92. The first-order chi connectivity index (χ1) is 14.7. The number of anilines is 1. The molecular formula is C23H24N6O. The summed E-state index contributed by atoms with van der Waals surface area (Å²) in [5.74, 6) is 0.158. The van der Waals surface area contributed by atoms with E-state index in [4.69, 9.17) is 5.10 Å². The number of benzene rings is 1. The molecule has 2 saturated heterocycles. The molecule has 3 aromatic rings. The Morgan fingerprint density at radius 3 is 2.70 bits per heavy atom. The Morgan fingerprint density at radius 2 is 1.90 bits per heavy atom. The Labute approximate surface area is 175 Å². The molecule has 4 heterocycles. The number of pyridine rings is 1. The van der Waals surface area contributed by atoms with Gasteiger partial charge >= 0.3 is 0 Å². The SMILES string of the molecule is N#CC1CCCN1C(=O)C1CCN(c2cnccc2-n2cc3ccccc3n2)CC1. The second-order valence-electron chi connectivity index (χ2n) is 8.08. The van der Waals surface area contributed by atoms with Crippen LogP contribution in [0.5, 0.6) is 0 Å². The number of amides is 1. The van der Waals surface area contributed by atoms with Crippen molar-refractivity contribution in [2.45, 2.75) is 31.7 Å². The second-order valence-corrected chi connectivity index (χ2v) is 8.08. The number of aromatic nitrogens is 3. The monoisotopic (exact) mass is 400 g/mol. The zero-order valence-electron chi connectivity index (χ0n) is 16.8. The molecule has 7 heteroatoms. The number of nitriles is 1. The van der Waals surface area contributed by atoms with E-state index in [-0.39, 0.29) is 17.9 Å². The topological polar surface area (TPSA) is 78.0 Å². The van der Waals surface area contributed by atoms with Crippen LogP contribution in [-0.4, -0.2) is 51.2 Å². The molecule has 2 fully saturated rings. The van der Waals surface area contributed by atoms with Crippen molar-refractivity contribution >= 4 is 22.5 Å². The molecule has 0 aliphatic carbocycles. The zero-order chi connectivity index (χ0) is 20.5. The normalized spacial score (nSPS) is 19.9. The lowest BCUT2D eigenvalue weighted by molar-refractivity contribution is -0.136. The molecule has 0 saturated carbocycles. The lowest BCUT2D eigenvalue weighted by Gasteiger charge is -2.35. The molecule has 1 amide bonds. The summed E-state index contributed by atoms with van der Waals surface area (Å²) in [7, 11) is 0. The van der Waals surface area contributed by atoms with Crippen molar-refractivity contribution in [1.82, 2.24) is 19.7 Å². The van der Waals surface area contributed by atoms with Crippen LogP contribution in [0.15, 0.2) is 48.9 Å². The fourth-order valence-corrected chi connectivity index (χ4v) is 4.67. The summed E-state index contributed by atoms with van der Waals surface area (Å²) >= 11 is 0. The van der Waals surface area contributed by atoms with Crippen LogP contribution in [0, 0.1) is 17.2 Å². The summed E-state index contributed by atoms with van der Waals surface area (Å²) in [6.07, 6.45) is 9.04. The molecule has 1 aromatic carbocycles. The van der Waals surface area contributed by atoms with E-state index in [1.807, 2.05) is 41.3 Å². The molecule has 0 spiro atoms. The predicted octanol–water partition coefficient (Wildman–Crippen LogP) is 3.15. The highest BCUT2D eigenvalue weighted by atomic mass is 16.2. The molecule has 0 N–H and O–H groups in total. The van der Waals surface area contributed by atoms with Gasteiger partial charge in [0, 0.05) is 43.3 Å². The lowest BCUT2D eigenvalue weighted by Crippen LogP contribution is -2.44. The molecule has 2 aliphatic rings. The highest BCUT2D eigenvalue weighted by Gasteiger charge is 2.35. The van der Waals surface area contributed by atoms with Gasteiger partial charge in [0.2, 0.25) is 5.91 Å². The van der Waals surface area contributed by atoms with Crippen LogP contribution in [0.4, 0.5) is 5.69 Å². The van der Waals surface area contributed by atoms with Crippen molar-refractivity contribution < 1.29 is 4.79 Å². The van der Waals surface area contributed by atoms with Crippen LogP contribution in [-0.2, 0) is 4.79 Å². The number of carbonyl (C=O) groups is 1. The number of hydrogen-bond acceptors (Lipinski definition) is 5. The smallest absolute Gasteiger partial charge is 0.226 e. The van der Waals surface area contributed by atoms with Gasteiger partial charge in [0.15, 0.2) is 0 Å². The Hall–Kier alpha value is -3.40. The van der Waals surface area contributed by atoms with Crippen LogP contribution in [0.2, 0.25) is 0 Å². The number of fused-ring (bicyclic) bond motifs is 1. The number of likely N-dealkylation sites (tertiary alicyclic amines) is 1. The van der Waals surface area contributed by atoms with E-state index < -0.39 is 0 Å². The molecular weight excluding hydrogens is 376 g/mol.